The number of alkyl halides is 1. The van der Waals surface area contributed by atoms with E-state index in [-0.39, 0.29) is 41.4 Å². The standard InChI is InChI=1S/C27H35ClN2O2S.CH4.H2O/c1-17(2)24(29-25(31)23-15-19-7-5-6-8-22(19)33-23)26(32)30-14-13-21(27(3,4)16-30)18-9-11-20(28)12-10-18;;/h5-9,15,17,20-21,24H,10-14,16H2,1-4H3,(H,29,31);1H4;1H2/t20?,21-,24-;;/m1../s1. The van der Waals surface area contributed by atoms with Crippen molar-refractivity contribution in [3.05, 3.63) is 46.9 Å². The number of nitrogens with one attached hydrogen (secondary N) is 1. The van der Waals surface area contributed by atoms with E-state index in [1.54, 1.807) is 0 Å². The van der Waals surface area contributed by atoms with E-state index in [4.69, 9.17) is 11.6 Å². The maximum absolute atomic E-state index is 13.6. The summed E-state index contributed by atoms with van der Waals surface area (Å²) in [7, 11) is 0. The van der Waals surface area contributed by atoms with Crippen LogP contribution in [0.15, 0.2) is 42.0 Å². The molecule has 5 nitrogen and oxygen atoms in total. The van der Waals surface area contributed by atoms with Gasteiger partial charge in [0.15, 0.2) is 0 Å². The fourth-order valence-electron chi connectivity index (χ4n) is 5.39. The molecule has 1 aromatic heterocycles. The van der Waals surface area contributed by atoms with Crippen LogP contribution in [0.4, 0.5) is 0 Å². The zero-order valence-electron chi connectivity index (χ0n) is 20.6. The van der Waals surface area contributed by atoms with Crippen molar-refractivity contribution in [3.8, 4) is 0 Å². The van der Waals surface area contributed by atoms with Gasteiger partial charge in [0, 0.05) is 23.2 Å². The molecule has 2 amide bonds. The molecule has 3 atom stereocenters. The Balaban J connectivity index is 0.00000216. The summed E-state index contributed by atoms with van der Waals surface area (Å²) in [6, 6.07) is 9.36. The number of carbonyl (C=O) groups excluding carboxylic acids is 2. The van der Waals surface area contributed by atoms with Crippen molar-refractivity contribution in [1.29, 1.82) is 0 Å². The highest BCUT2D eigenvalue weighted by molar-refractivity contribution is 7.20. The topological polar surface area (TPSA) is 80.9 Å². The van der Waals surface area contributed by atoms with Gasteiger partial charge in [0.1, 0.15) is 6.04 Å². The molecule has 35 heavy (non-hydrogen) atoms. The van der Waals surface area contributed by atoms with Gasteiger partial charge in [0.05, 0.1) is 4.88 Å². The third-order valence-corrected chi connectivity index (χ3v) is 8.75. The highest BCUT2D eigenvalue weighted by Crippen LogP contribution is 2.43. The molecular weight excluding hydrogens is 480 g/mol. The second-order valence-electron chi connectivity index (χ2n) is 10.6. The van der Waals surface area contributed by atoms with E-state index >= 15 is 0 Å². The van der Waals surface area contributed by atoms with Gasteiger partial charge in [-0.1, -0.05) is 65.0 Å². The minimum absolute atomic E-state index is 0. The summed E-state index contributed by atoms with van der Waals surface area (Å²) in [5.41, 5.74) is 1.51. The van der Waals surface area contributed by atoms with Crippen LogP contribution in [0.2, 0.25) is 0 Å². The minimum Gasteiger partial charge on any atom is -0.412 e. The van der Waals surface area contributed by atoms with Gasteiger partial charge in [-0.15, -0.1) is 22.9 Å². The Kier molecular flexibility index (Phi) is 9.97. The summed E-state index contributed by atoms with van der Waals surface area (Å²) in [5.74, 6) is 0.361. The highest BCUT2D eigenvalue weighted by Gasteiger charge is 2.41. The summed E-state index contributed by atoms with van der Waals surface area (Å²) in [5, 5.41) is 4.37. The van der Waals surface area contributed by atoms with Gasteiger partial charge >= 0.3 is 0 Å². The Labute approximate surface area is 219 Å². The lowest BCUT2D eigenvalue weighted by molar-refractivity contribution is -0.138. The van der Waals surface area contributed by atoms with Crippen molar-refractivity contribution >= 4 is 44.8 Å². The number of piperidine rings is 1. The van der Waals surface area contributed by atoms with E-state index in [0.29, 0.717) is 17.3 Å². The van der Waals surface area contributed by atoms with Gasteiger partial charge in [-0.25, -0.2) is 0 Å². The van der Waals surface area contributed by atoms with E-state index in [2.05, 4.69) is 25.2 Å². The zero-order chi connectivity index (χ0) is 23.8. The molecule has 1 aliphatic carbocycles. The highest BCUT2D eigenvalue weighted by atomic mass is 35.5. The van der Waals surface area contributed by atoms with Crippen molar-refractivity contribution in [1.82, 2.24) is 10.2 Å². The van der Waals surface area contributed by atoms with Gasteiger partial charge in [-0.05, 0) is 60.5 Å². The average molecular weight is 521 g/mol. The van der Waals surface area contributed by atoms with Gasteiger partial charge in [0.25, 0.3) is 5.91 Å². The first-order chi connectivity index (χ1) is 15.7. The molecule has 194 valence electrons. The quantitative estimate of drug-likeness (QED) is 0.384. The Morgan fingerprint density at radius 1 is 1.20 bits per heavy atom. The lowest BCUT2D eigenvalue weighted by Gasteiger charge is -2.47. The zero-order valence-corrected chi connectivity index (χ0v) is 22.1. The number of hydrogen-bond acceptors (Lipinski definition) is 3. The third-order valence-electron chi connectivity index (χ3n) is 7.24. The van der Waals surface area contributed by atoms with E-state index in [1.807, 2.05) is 49.1 Å². The van der Waals surface area contributed by atoms with Crippen molar-refractivity contribution in [2.75, 3.05) is 13.1 Å². The van der Waals surface area contributed by atoms with E-state index in [1.165, 1.54) is 16.9 Å². The second-order valence-corrected chi connectivity index (χ2v) is 12.3. The molecule has 0 bridgehead atoms. The molecule has 7 heteroatoms. The molecular formula is C28H41ClN2O3S. The maximum Gasteiger partial charge on any atom is 0.262 e. The molecule has 0 radical (unpaired) electrons. The molecule has 1 aliphatic heterocycles. The number of amides is 2. The van der Waals surface area contributed by atoms with E-state index < -0.39 is 6.04 Å². The predicted octanol–water partition coefficient (Wildman–Crippen LogP) is 6.06. The van der Waals surface area contributed by atoms with Gasteiger partial charge in [-0.2, -0.15) is 0 Å². The smallest absolute Gasteiger partial charge is 0.262 e. The Morgan fingerprint density at radius 2 is 1.91 bits per heavy atom. The Bertz CT molecular complexity index is 1030. The fourth-order valence-corrected chi connectivity index (χ4v) is 6.55. The fraction of sp³-hybridized carbons (Fsp3) is 0.571. The molecule has 0 saturated carbocycles. The molecule has 4 rings (SSSR count). The normalized spacial score (nSPS) is 22.6. The first-order valence-electron chi connectivity index (χ1n) is 12.1. The van der Waals surface area contributed by atoms with Crippen LogP contribution < -0.4 is 5.32 Å². The van der Waals surface area contributed by atoms with Crippen molar-refractivity contribution < 1.29 is 15.1 Å². The first-order valence-corrected chi connectivity index (χ1v) is 13.3. The maximum atomic E-state index is 13.6. The molecule has 0 spiro atoms. The van der Waals surface area contributed by atoms with E-state index in [0.717, 1.165) is 42.3 Å². The van der Waals surface area contributed by atoms with Gasteiger partial charge in [-0.3, -0.25) is 9.59 Å². The summed E-state index contributed by atoms with van der Waals surface area (Å²) < 4.78 is 1.08. The molecule has 1 unspecified atom stereocenters. The second kappa shape index (κ2) is 11.9. The van der Waals surface area contributed by atoms with Crippen molar-refractivity contribution in [2.45, 2.75) is 72.2 Å². The molecule has 1 fully saturated rings. The number of thiophene rings is 1. The average Bonchev–Trinajstić information content (AvgIpc) is 3.21. The van der Waals surface area contributed by atoms with Crippen molar-refractivity contribution in [2.24, 2.45) is 17.3 Å². The number of halogens is 1. The number of benzene rings is 1. The number of allylic oxidation sites excluding steroid dienone is 2. The van der Waals surface area contributed by atoms with Crippen LogP contribution in [0.1, 0.15) is 70.5 Å². The summed E-state index contributed by atoms with van der Waals surface area (Å²) >= 11 is 7.77. The first kappa shape index (κ1) is 29.3. The van der Waals surface area contributed by atoms with Crippen molar-refractivity contribution in [3.63, 3.8) is 0 Å². The molecule has 3 N–H and O–H groups in total. The number of nitrogens with zero attached hydrogens (tertiary/aromatic N) is 1. The molecule has 1 saturated heterocycles. The monoisotopic (exact) mass is 520 g/mol. The number of likely N-dealkylation sites (tertiary alicyclic amines) is 1. The summed E-state index contributed by atoms with van der Waals surface area (Å²) in [6.45, 7) is 9.98. The number of carbonyl (C=O) groups is 2. The van der Waals surface area contributed by atoms with Gasteiger partial charge in [0.2, 0.25) is 5.91 Å². The lowest BCUT2D eigenvalue weighted by atomic mass is 9.68. The number of fused-ring (bicyclic) bond motifs is 1. The minimum atomic E-state index is -0.527. The van der Waals surface area contributed by atoms with Crippen LogP contribution in [-0.4, -0.2) is 46.7 Å². The Hall–Kier alpha value is -1.89. The number of rotatable bonds is 5. The van der Waals surface area contributed by atoms with Crippen LogP contribution in [-0.2, 0) is 4.79 Å². The third kappa shape index (κ3) is 6.46. The molecule has 2 aromatic rings. The van der Waals surface area contributed by atoms with E-state index in [9.17, 15) is 9.59 Å². The molecule has 2 aliphatic rings. The lowest BCUT2D eigenvalue weighted by Crippen LogP contribution is -2.56. The van der Waals surface area contributed by atoms with Gasteiger partial charge < -0.3 is 15.7 Å². The van der Waals surface area contributed by atoms with Crippen LogP contribution >= 0.6 is 22.9 Å². The largest absolute Gasteiger partial charge is 0.412 e. The van der Waals surface area contributed by atoms with Crippen LogP contribution in [0.25, 0.3) is 10.1 Å². The Morgan fingerprint density at radius 3 is 2.51 bits per heavy atom. The summed E-state index contributed by atoms with van der Waals surface area (Å²) in [6.07, 6.45) is 6.36. The van der Waals surface area contributed by atoms with Crippen LogP contribution in [0, 0.1) is 17.3 Å². The molecule has 1 aromatic carbocycles. The van der Waals surface area contributed by atoms with Crippen LogP contribution in [0.3, 0.4) is 0 Å². The number of hydrogen-bond donors (Lipinski definition) is 1. The SMILES string of the molecule is C.CC(C)[C@@H](NC(=O)c1cc2ccccc2s1)C(=O)N1CC[C@H](C2=CCC(Cl)CC2)C(C)(C)C1.O. The summed E-state index contributed by atoms with van der Waals surface area (Å²) in [4.78, 5) is 29.2. The van der Waals surface area contributed by atoms with Crippen LogP contribution in [0.5, 0.6) is 0 Å². The predicted molar refractivity (Wildman–Crippen MR) is 148 cm³/mol. The molecule has 2 heterocycles.